The van der Waals surface area contributed by atoms with Gasteiger partial charge >= 0.3 is 0 Å². The highest BCUT2D eigenvalue weighted by Crippen LogP contribution is 2.34. The molecule has 52 heavy (non-hydrogen) atoms. The predicted octanol–water partition coefficient (Wildman–Crippen LogP) is 4.68. The number of aryl methyl sites for hydroxylation is 1. The molecule has 1 atom stereocenters. The highest BCUT2D eigenvalue weighted by molar-refractivity contribution is 6.31. The molecular weight excluding hydrogens is 686 g/mol. The maximum atomic E-state index is 13.0. The minimum absolute atomic E-state index is 0.0120. The standard InChI is InChI=1S/C38H36ClN7O6/c39-32-19-28(13-10-24(32)20-40)52-29-17-26(18-29)41-36(48)23-8-11-27(12-9-23)46-21-25(43-44-46)5-2-1-3-16-51-34-7-4-6-30-31(34)22-45(38(30)50)33-14-15-35(47)42-37(33)49/h4,6-13,19,21,26,29,33H,1-3,5,14-18,22H2,(H,41,48)(H,42,47,49)/t26-,29-,33?. The van der Waals surface area contributed by atoms with Crippen molar-refractivity contribution in [1.82, 2.24) is 30.5 Å². The summed E-state index contributed by atoms with van der Waals surface area (Å²) in [7, 11) is 0. The monoisotopic (exact) mass is 721 g/mol. The molecule has 1 unspecified atom stereocenters. The van der Waals surface area contributed by atoms with Gasteiger partial charge in [0.25, 0.3) is 11.8 Å². The number of hydrogen-bond donors (Lipinski definition) is 2. The SMILES string of the molecule is N#Cc1ccc(O[C@H]2C[C@H](NC(=O)c3ccc(-n4cc(CCCCCOc5cccc6c5CN(C5CCC(=O)NC5=O)C6=O)nn4)cc3)C2)cc1Cl. The second kappa shape index (κ2) is 15.2. The summed E-state index contributed by atoms with van der Waals surface area (Å²) in [6, 6.07) is 18.9. The Morgan fingerprint density at radius 2 is 1.88 bits per heavy atom. The molecule has 4 amide bonds. The lowest BCUT2D eigenvalue weighted by molar-refractivity contribution is -0.136. The number of rotatable bonds is 13. The number of amides is 4. The zero-order valence-corrected chi connectivity index (χ0v) is 29.0. The van der Waals surface area contributed by atoms with Crippen LogP contribution in [0.15, 0.2) is 66.9 Å². The van der Waals surface area contributed by atoms with Crippen molar-refractivity contribution >= 4 is 35.2 Å². The highest BCUT2D eigenvalue weighted by atomic mass is 35.5. The van der Waals surface area contributed by atoms with Gasteiger partial charge in [-0.05, 0) is 80.6 Å². The smallest absolute Gasteiger partial charge is 0.255 e. The van der Waals surface area contributed by atoms with Gasteiger partial charge in [-0.3, -0.25) is 24.5 Å². The zero-order valence-electron chi connectivity index (χ0n) is 28.2. The topological polar surface area (TPSA) is 169 Å². The molecule has 13 nitrogen and oxygen atoms in total. The van der Waals surface area contributed by atoms with Gasteiger partial charge in [0, 0.05) is 48.1 Å². The van der Waals surface area contributed by atoms with E-state index in [9.17, 15) is 19.2 Å². The number of nitrogens with one attached hydrogen (secondary N) is 2. The first-order valence-electron chi connectivity index (χ1n) is 17.3. The number of imide groups is 1. The number of carbonyl (C=O) groups excluding carboxylic acids is 4. The largest absolute Gasteiger partial charge is 0.493 e. The van der Waals surface area contributed by atoms with Crippen molar-refractivity contribution in [1.29, 1.82) is 5.26 Å². The Labute approximate surface area is 304 Å². The van der Waals surface area contributed by atoms with Crippen molar-refractivity contribution < 1.29 is 28.7 Å². The lowest BCUT2D eigenvalue weighted by Crippen LogP contribution is -2.52. The number of hydrogen-bond acceptors (Lipinski definition) is 9. The van der Waals surface area contributed by atoms with E-state index in [2.05, 4.69) is 20.9 Å². The molecule has 7 rings (SSSR count). The predicted molar refractivity (Wildman–Crippen MR) is 188 cm³/mol. The Balaban J connectivity index is 0.814. The van der Waals surface area contributed by atoms with Crippen LogP contribution < -0.4 is 20.1 Å². The summed E-state index contributed by atoms with van der Waals surface area (Å²) >= 11 is 6.09. The third-order valence-electron chi connectivity index (χ3n) is 9.60. The van der Waals surface area contributed by atoms with Gasteiger partial charge in [-0.25, -0.2) is 4.68 Å². The molecule has 3 aliphatic rings. The van der Waals surface area contributed by atoms with Crippen molar-refractivity contribution in [2.75, 3.05) is 6.61 Å². The first-order chi connectivity index (χ1) is 25.2. The summed E-state index contributed by atoms with van der Waals surface area (Å²) in [6.45, 7) is 0.761. The van der Waals surface area contributed by atoms with Crippen LogP contribution >= 0.6 is 11.6 Å². The summed E-state index contributed by atoms with van der Waals surface area (Å²) < 4.78 is 13.7. The van der Waals surface area contributed by atoms with E-state index in [0.29, 0.717) is 59.1 Å². The Morgan fingerprint density at radius 1 is 1.06 bits per heavy atom. The van der Waals surface area contributed by atoms with Crippen LogP contribution in [0.5, 0.6) is 11.5 Å². The highest BCUT2D eigenvalue weighted by Gasteiger charge is 2.40. The van der Waals surface area contributed by atoms with Crippen LogP contribution in [0.3, 0.4) is 0 Å². The maximum absolute atomic E-state index is 13.0. The van der Waals surface area contributed by atoms with E-state index in [1.54, 1.807) is 47.1 Å². The molecule has 0 spiro atoms. The van der Waals surface area contributed by atoms with Crippen LogP contribution in [-0.4, -0.2) is 68.3 Å². The summed E-state index contributed by atoms with van der Waals surface area (Å²) in [5.41, 5.74) is 3.91. The Morgan fingerprint density at radius 3 is 2.65 bits per heavy atom. The van der Waals surface area contributed by atoms with Gasteiger partial charge in [-0.2, -0.15) is 5.26 Å². The Bertz CT molecular complexity index is 2050. The minimum Gasteiger partial charge on any atom is -0.493 e. The number of halogens is 1. The molecule has 0 radical (unpaired) electrons. The molecule has 3 aromatic carbocycles. The first kappa shape index (κ1) is 34.7. The third kappa shape index (κ3) is 7.62. The molecule has 1 saturated carbocycles. The van der Waals surface area contributed by atoms with Crippen molar-refractivity contribution in [3.8, 4) is 23.3 Å². The molecule has 1 aromatic heterocycles. The van der Waals surface area contributed by atoms with Gasteiger partial charge in [-0.15, -0.1) is 5.10 Å². The zero-order chi connectivity index (χ0) is 36.2. The summed E-state index contributed by atoms with van der Waals surface area (Å²) in [5.74, 6) is 0.125. The third-order valence-corrected chi connectivity index (χ3v) is 9.92. The fourth-order valence-corrected chi connectivity index (χ4v) is 6.88. The van der Waals surface area contributed by atoms with Crippen LogP contribution in [0.4, 0.5) is 0 Å². The molecule has 14 heteroatoms. The minimum atomic E-state index is -0.661. The number of unbranched alkanes of at least 4 members (excludes halogenated alkanes) is 2. The van der Waals surface area contributed by atoms with E-state index < -0.39 is 11.9 Å². The fourth-order valence-electron chi connectivity index (χ4n) is 6.66. The lowest BCUT2D eigenvalue weighted by atomic mass is 9.89. The van der Waals surface area contributed by atoms with Crippen LogP contribution in [-0.2, 0) is 22.6 Å². The molecule has 1 aliphatic carbocycles. The van der Waals surface area contributed by atoms with E-state index in [1.165, 1.54) is 4.90 Å². The van der Waals surface area contributed by atoms with Crippen LogP contribution in [0, 0.1) is 11.3 Å². The lowest BCUT2D eigenvalue weighted by Gasteiger charge is -2.35. The van der Waals surface area contributed by atoms with Crippen LogP contribution in [0.25, 0.3) is 5.69 Å². The van der Waals surface area contributed by atoms with E-state index in [4.69, 9.17) is 26.3 Å². The Kier molecular flexibility index (Phi) is 10.2. The van der Waals surface area contributed by atoms with E-state index in [0.717, 1.165) is 42.6 Å². The molecule has 1 saturated heterocycles. The van der Waals surface area contributed by atoms with Gasteiger partial charge in [0.1, 0.15) is 29.7 Å². The molecule has 2 fully saturated rings. The summed E-state index contributed by atoms with van der Waals surface area (Å²) in [4.78, 5) is 51.3. The van der Waals surface area contributed by atoms with Crippen LogP contribution in [0.2, 0.25) is 5.02 Å². The fraction of sp³-hybridized carbons (Fsp3) is 0.342. The molecule has 3 heterocycles. The van der Waals surface area contributed by atoms with Crippen molar-refractivity contribution in [2.24, 2.45) is 0 Å². The molecular formula is C38H36ClN7O6. The molecule has 2 N–H and O–H groups in total. The number of nitrogens with zero attached hydrogens (tertiary/aromatic N) is 5. The number of ether oxygens (including phenoxy) is 2. The average Bonchev–Trinajstić information content (AvgIpc) is 3.74. The molecule has 4 aromatic rings. The summed E-state index contributed by atoms with van der Waals surface area (Å²) in [5, 5.41) is 23.3. The molecule has 2 aliphatic heterocycles. The van der Waals surface area contributed by atoms with E-state index in [1.807, 2.05) is 30.5 Å². The number of nitriles is 1. The first-order valence-corrected chi connectivity index (χ1v) is 17.7. The van der Waals surface area contributed by atoms with Gasteiger partial charge in [0.05, 0.1) is 41.3 Å². The van der Waals surface area contributed by atoms with Gasteiger partial charge < -0.3 is 19.7 Å². The van der Waals surface area contributed by atoms with Gasteiger partial charge in [0.15, 0.2) is 0 Å². The van der Waals surface area contributed by atoms with Crippen LogP contribution in [0.1, 0.15) is 82.5 Å². The second-order valence-corrected chi connectivity index (χ2v) is 13.6. The quantitative estimate of drug-likeness (QED) is 0.147. The number of piperidine rings is 1. The number of benzene rings is 3. The Hall–Kier alpha value is -5.74. The normalized spacial score (nSPS) is 19.3. The number of fused-ring (bicyclic) bond motifs is 1. The van der Waals surface area contributed by atoms with Gasteiger partial charge in [0.2, 0.25) is 11.8 Å². The van der Waals surface area contributed by atoms with E-state index in [-0.39, 0.29) is 42.8 Å². The maximum Gasteiger partial charge on any atom is 0.255 e. The molecule has 266 valence electrons. The number of carbonyl (C=O) groups is 4. The van der Waals surface area contributed by atoms with Crippen molar-refractivity contribution in [3.63, 3.8) is 0 Å². The van der Waals surface area contributed by atoms with Gasteiger partial charge in [-0.1, -0.05) is 22.9 Å². The van der Waals surface area contributed by atoms with Crippen molar-refractivity contribution in [3.05, 3.63) is 99.8 Å². The summed E-state index contributed by atoms with van der Waals surface area (Å²) in [6.07, 6.45) is 7.11. The second-order valence-electron chi connectivity index (χ2n) is 13.2. The number of aromatic nitrogens is 3. The molecule has 0 bridgehead atoms. The average molecular weight is 722 g/mol. The van der Waals surface area contributed by atoms with Crippen molar-refractivity contribution in [2.45, 2.75) is 76.1 Å². The van der Waals surface area contributed by atoms with E-state index >= 15 is 0 Å².